The average molecular weight is 313 g/mol. The monoisotopic (exact) mass is 313 g/mol. The Morgan fingerprint density at radius 2 is 1.78 bits per heavy atom. The Morgan fingerprint density at radius 1 is 1.17 bits per heavy atom. The van der Waals surface area contributed by atoms with Crippen molar-refractivity contribution < 1.29 is 19.1 Å². The standard InChI is InChI=1S/C16H15N3O4/c1-3-23-16(22)13-8-10(18(2)17-13)9-19-14(20)11-6-4-5-7-12(11)15(19)21/h4-8H,3,9H2,1-2H3. The van der Waals surface area contributed by atoms with Crippen LogP contribution in [0.1, 0.15) is 43.8 Å². The van der Waals surface area contributed by atoms with E-state index in [0.717, 1.165) is 4.90 Å². The number of imide groups is 1. The van der Waals surface area contributed by atoms with Gasteiger partial charge in [-0.25, -0.2) is 4.79 Å². The van der Waals surface area contributed by atoms with Crippen molar-refractivity contribution in [2.45, 2.75) is 13.5 Å². The van der Waals surface area contributed by atoms with Crippen molar-refractivity contribution in [3.05, 3.63) is 52.8 Å². The molecule has 7 nitrogen and oxygen atoms in total. The number of nitrogens with zero attached hydrogens (tertiary/aromatic N) is 3. The van der Waals surface area contributed by atoms with Crippen LogP contribution in [0.2, 0.25) is 0 Å². The van der Waals surface area contributed by atoms with E-state index in [1.807, 2.05) is 0 Å². The molecule has 1 aromatic carbocycles. The first-order valence-electron chi connectivity index (χ1n) is 7.18. The number of carbonyl (C=O) groups is 3. The average Bonchev–Trinajstić information content (AvgIpc) is 3.02. The van der Waals surface area contributed by atoms with Crippen LogP contribution in [-0.2, 0) is 18.3 Å². The molecule has 1 aliphatic heterocycles. The van der Waals surface area contributed by atoms with E-state index in [-0.39, 0.29) is 30.7 Å². The number of aromatic nitrogens is 2. The number of rotatable bonds is 4. The molecule has 0 fully saturated rings. The minimum Gasteiger partial charge on any atom is -0.461 e. The predicted octanol–water partition coefficient (Wildman–Crippen LogP) is 1.39. The fraction of sp³-hybridized carbons (Fsp3) is 0.250. The molecule has 1 aromatic heterocycles. The number of fused-ring (bicyclic) bond motifs is 1. The van der Waals surface area contributed by atoms with Crippen molar-refractivity contribution in [2.24, 2.45) is 7.05 Å². The molecule has 23 heavy (non-hydrogen) atoms. The highest BCUT2D eigenvalue weighted by Gasteiger charge is 2.35. The molecule has 3 rings (SSSR count). The number of benzene rings is 1. The summed E-state index contributed by atoms with van der Waals surface area (Å²) >= 11 is 0. The van der Waals surface area contributed by atoms with Gasteiger partial charge < -0.3 is 4.74 Å². The molecular formula is C16H15N3O4. The van der Waals surface area contributed by atoms with Crippen molar-refractivity contribution in [3.8, 4) is 0 Å². The molecule has 0 saturated heterocycles. The van der Waals surface area contributed by atoms with E-state index < -0.39 is 5.97 Å². The third-order valence-corrected chi connectivity index (χ3v) is 3.66. The van der Waals surface area contributed by atoms with Crippen molar-refractivity contribution in [1.29, 1.82) is 0 Å². The number of hydrogen-bond donors (Lipinski definition) is 0. The van der Waals surface area contributed by atoms with Gasteiger partial charge in [0.05, 0.1) is 30.0 Å². The molecule has 0 unspecified atom stereocenters. The third kappa shape index (κ3) is 2.50. The predicted molar refractivity (Wildman–Crippen MR) is 79.8 cm³/mol. The van der Waals surface area contributed by atoms with E-state index in [1.54, 1.807) is 38.2 Å². The van der Waals surface area contributed by atoms with Crippen molar-refractivity contribution in [3.63, 3.8) is 0 Å². The summed E-state index contributed by atoms with van der Waals surface area (Å²) in [6, 6.07) is 8.22. The van der Waals surface area contributed by atoms with Gasteiger partial charge in [-0.1, -0.05) is 12.1 Å². The van der Waals surface area contributed by atoms with Crippen LogP contribution < -0.4 is 0 Å². The second kappa shape index (κ2) is 5.68. The molecule has 0 N–H and O–H groups in total. The molecule has 0 saturated carbocycles. The summed E-state index contributed by atoms with van der Waals surface area (Å²) in [5.74, 6) is -1.22. The van der Waals surface area contributed by atoms with Crippen LogP contribution in [0.4, 0.5) is 0 Å². The Kier molecular flexibility index (Phi) is 3.69. The molecule has 2 aromatic rings. The number of carbonyl (C=O) groups excluding carboxylic acids is 3. The topological polar surface area (TPSA) is 81.5 Å². The van der Waals surface area contributed by atoms with Gasteiger partial charge in [0, 0.05) is 7.05 Å². The highest BCUT2D eigenvalue weighted by atomic mass is 16.5. The quantitative estimate of drug-likeness (QED) is 0.629. The smallest absolute Gasteiger partial charge is 0.358 e. The normalized spacial score (nSPS) is 13.4. The summed E-state index contributed by atoms with van der Waals surface area (Å²) in [6.45, 7) is 2.01. The second-order valence-electron chi connectivity index (χ2n) is 5.11. The molecule has 7 heteroatoms. The first-order valence-corrected chi connectivity index (χ1v) is 7.18. The Labute approximate surface area is 132 Å². The molecule has 118 valence electrons. The number of aryl methyl sites for hydroxylation is 1. The fourth-order valence-electron chi connectivity index (χ4n) is 2.50. The van der Waals surface area contributed by atoms with Gasteiger partial charge in [0.15, 0.2) is 5.69 Å². The van der Waals surface area contributed by atoms with Gasteiger partial charge in [-0.3, -0.25) is 19.2 Å². The van der Waals surface area contributed by atoms with E-state index in [9.17, 15) is 14.4 Å². The van der Waals surface area contributed by atoms with E-state index in [1.165, 1.54) is 10.7 Å². The van der Waals surface area contributed by atoms with Crippen molar-refractivity contribution >= 4 is 17.8 Å². The van der Waals surface area contributed by atoms with Crippen LogP contribution in [0, 0.1) is 0 Å². The van der Waals surface area contributed by atoms with Crippen molar-refractivity contribution in [2.75, 3.05) is 6.61 Å². The Hall–Kier alpha value is -2.96. The van der Waals surface area contributed by atoms with Gasteiger partial charge >= 0.3 is 5.97 Å². The van der Waals surface area contributed by atoms with Crippen LogP contribution in [-0.4, -0.2) is 39.1 Å². The van der Waals surface area contributed by atoms with Gasteiger partial charge in [-0.2, -0.15) is 5.10 Å². The minimum atomic E-state index is -0.531. The maximum atomic E-state index is 12.3. The zero-order chi connectivity index (χ0) is 16.6. The number of ether oxygens (including phenoxy) is 1. The summed E-state index contributed by atoms with van der Waals surface area (Å²) in [5.41, 5.74) is 1.51. The maximum absolute atomic E-state index is 12.3. The van der Waals surface area contributed by atoms with Gasteiger partial charge in [0.1, 0.15) is 0 Å². The summed E-state index contributed by atoms with van der Waals surface area (Å²) in [6.07, 6.45) is 0. The molecule has 0 atom stereocenters. The molecule has 0 bridgehead atoms. The lowest BCUT2D eigenvalue weighted by molar-refractivity contribution is 0.0517. The maximum Gasteiger partial charge on any atom is 0.358 e. The lowest BCUT2D eigenvalue weighted by Crippen LogP contribution is -2.30. The Balaban J connectivity index is 1.85. The SMILES string of the molecule is CCOC(=O)c1cc(CN2C(=O)c3ccccc3C2=O)n(C)n1. The van der Waals surface area contributed by atoms with E-state index in [0.29, 0.717) is 16.8 Å². The molecule has 1 aliphatic rings. The van der Waals surface area contributed by atoms with Gasteiger partial charge in [0.2, 0.25) is 0 Å². The number of hydrogen-bond acceptors (Lipinski definition) is 5. The fourth-order valence-corrected chi connectivity index (χ4v) is 2.50. The Bertz CT molecular complexity index is 774. The van der Waals surface area contributed by atoms with E-state index in [2.05, 4.69) is 5.10 Å². The molecule has 0 spiro atoms. The highest BCUT2D eigenvalue weighted by molar-refractivity contribution is 6.21. The van der Waals surface area contributed by atoms with E-state index in [4.69, 9.17) is 4.74 Å². The zero-order valence-electron chi connectivity index (χ0n) is 12.8. The summed E-state index contributed by atoms with van der Waals surface area (Å²) in [7, 11) is 1.65. The van der Waals surface area contributed by atoms with Crippen LogP contribution in [0.5, 0.6) is 0 Å². The zero-order valence-corrected chi connectivity index (χ0v) is 12.8. The minimum absolute atomic E-state index is 0.0508. The summed E-state index contributed by atoms with van der Waals surface area (Å²) < 4.78 is 6.36. The van der Waals surface area contributed by atoms with Crippen LogP contribution in [0.3, 0.4) is 0 Å². The summed E-state index contributed by atoms with van der Waals surface area (Å²) in [5, 5.41) is 4.06. The first kappa shape index (κ1) is 15.0. The van der Waals surface area contributed by atoms with E-state index >= 15 is 0 Å². The number of esters is 1. The van der Waals surface area contributed by atoms with Gasteiger partial charge in [0.25, 0.3) is 11.8 Å². The summed E-state index contributed by atoms with van der Waals surface area (Å²) in [4.78, 5) is 37.6. The molecule has 2 amide bonds. The lowest BCUT2D eigenvalue weighted by Gasteiger charge is -2.13. The third-order valence-electron chi connectivity index (χ3n) is 3.66. The lowest BCUT2D eigenvalue weighted by atomic mass is 10.1. The van der Waals surface area contributed by atoms with Crippen molar-refractivity contribution in [1.82, 2.24) is 14.7 Å². The molecule has 0 radical (unpaired) electrons. The number of amides is 2. The highest BCUT2D eigenvalue weighted by Crippen LogP contribution is 2.24. The molecule has 2 heterocycles. The molecular weight excluding hydrogens is 298 g/mol. The molecule has 0 aliphatic carbocycles. The van der Waals surface area contributed by atoms with Gasteiger partial charge in [-0.05, 0) is 25.1 Å². The largest absolute Gasteiger partial charge is 0.461 e. The van der Waals surface area contributed by atoms with Gasteiger partial charge in [-0.15, -0.1) is 0 Å². The Morgan fingerprint density at radius 3 is 2.35 bits per heavy atom. The van der Waals surface area contributed by atoms with Crippen LogP contribution in [0.15, 0.2) is 30.3 Å². The van der Waals surface area contributed by atoms with Crippen LogP contribution >= 0.6 is 0 Å². The van der Waals surface area contributed by atoms with Crippen LogP contribution in [0.25, 0.3) is 0 Å². The second-order valence-corrected chi connectivity index (χ2v) is 5.11. The first-order chi connectivity index (χ1) is 11.0.